The molecule has 0 saturated heterocycles. The number of alkyl halides is 2. The molecule has 1 saturated carbocycles. The van der Waals surface area contributed by atoms with Crippen LogP contribution in [0, 0.1) is 11.8 Å². The number of hydrogen-bond donors (Lipinski definition) is 0. The first-order valence-corrected chi connectivity index (χ1v) is 5.95. The van der Waals surface area contributed by atoms with E-state index < -0.39 is 5.92 Å². The smallest absolute Gasteiger partial charge is 0.207 e. The quantitative estimate of drug-likeness (QED) is 0.591. The van der Waals surface area contributed by atoms with Gasteiger partial charge in [0.15, 0.2) is 0 Å². The molecule has 1 aliphatic rings. The summed E-state index contributed by atoms with van der Waals surface area (Å²) in [5, 5.41) is 0. The van der Waals surface area contributed by atoms with Gasteiger partial charge in [0.05, 0.1) is 0 Å². The van der Waals surface area contributed by atoms with E-state index in [1.807, 2.05) is 0 Å². The summed E-state index contributed by atoms with van der Waals surface area (Å²) in [6, 6.07) is 0. The Labute approximate surface area is 86.1 Å². The van der Waals surface area contributed by atoms with Crippen molar-refractivity contribution in [2.75, 3.05) is 0 Å². The van der Waals surface area contributed by atoms with Crippen LogP contribution in [0.5, 0.6) is 0 Å². The molecule has 0 bridgehead atoms. The summed E-state index contributed by atoms with van der Waals surface area (Å²) in [5.41, 5.74) is 0. The van der Waals surface area contributed by atoms with Crippen molar-refractivity contribution in [2.45, 2.75) is 64.7 Å². The molecule has 1 atom stereocenters. The van der Waals surface area contributed by atoms with Gasteiger partial charge >= 0.3 is 0 Å². The number of unbranched alkanes of at least 4 members (excludes halogenated alkanes) is 1. The van der Waals surface area contributed by atoms with Gasteiger partial charge < -0.3 is 0 Å². The van der Waals surface area contributed by atoms with Crippen LogP contribution in [0.1, 0.15) is 58.8 Å². The highest BCUT2D eigenvalue weighted by atomic mass is 19.3. The highest BCUT2D eigenvalue weighted by Crippen LogP contribution is 2.46. The molecule has 0 aliphatic heterocycles. The molecule has 1 unspecified atom stereocenters. The lowest BCUT2D eigenvalue weighted by Gasteiger charge is -2.37. The van der Waals surface area contributed by atoms with Crippen molar-refractivity contribution < 1.29 is 8.78 Å². The third-order valence-corrected chi connectivity index (χ3v) is 3.38. The monoisotopic (exact) mass is 204 g/mol. The fraction of sp³-hybridized carbons (Fsp3) is 1.00. The fourth-order valence-electron chi connectivity index (χ4n) is 2.40. The van der Waals surface area contributed by atoms with E-state index in [0.29, 0.717) is 11.8 Å². The summed E-state index contributed by atoms with van der Waals surface area (Å²) in [5.74, 6) is -1.32. The minimum absolute atomic E-state index is 0.148. The SMILES string of the molecule is CCCCC(CC)CC1CC(F)(F)C1. The third kappa shape index (κ3) is 3.55. The van der Waals surface area contributed by atoms with Gasteiger partial charge in [-0.15, -0.1) is 0 Å². The van der Waals surface area contributed by atoms with Crippen LogP contribution in [-0.2, 0) is 0 Å². The maximum atomic E-state index is 12.6. The first-order valence-electron chi connectivity index (χ1n) is 5.95. The van der Waals surface area contributed by atoms with Gasteiger partial charge in [-0.2, -0.15) is 0 Å². The van der Waals surface area contributed by atoms with E-state index in [2.05, 4.69) is 13.8 Å². The van der Waals surface area contributed by atoms with Crippen LogP contribution >= 0.6 is 0 Å². The second kappa shape index (κ2) is 5.09. The molecule has 1 fully saturated rings. The molecule has 0 N–H and O–H groups in total. The van der Waals surface area contributed by atoms with Gasteiger partial charge in [0.2, 0.25) is 5.92 Å². The van der Waals surface area contributed by atoms with Crippen molar-refractivity contribution in [3.8, 4) is 0 Å². The van der Waals surface area contributed by atoms with Crippen molar-refractivity contribution in [1.29, 1.82) is 0 Å². The standard InChI is InChI=1S/C12H22F2/c1-3-5-6-10(4-2)7-11-8-12(13,14)9-11/h10-11H,3-9H2,1-2H3. The molecule has 0 nitrogen and oxygen atoms in total. The van der Waals surface area contributed by atoms with E-state index in [1.54, 1.807) is 0 Å². The van der Waals surface area contributed by atoms with E-state index in [4.69, 9.17) is 0 Å². The minimum Gasteiger partial charge on any atom is -0.207 e. The molecule has 0 aromatic carbocycles. The molecule has 2 heteroatoms. The first-order chi connectivity index (χ1) is 6.57. The molecular weight excluding hydrogens is 182 g/mol. The lowest BCUT2D eigenvalue weighted by Crippen LogP contribution is -2.36. The van der Waals surface area contributed by atoms with Crippen LogP contribution < -0.4 is 0 Å². The molecule has 1 aliphatic carbocycles. The average Bonchev–Trinajstić information content (AvgIpc) is 2.08. The highest BCUT2D eigenvalue weighted by Gasteiger charge is 2.45. The van der Waals surface area contributed by atoms with E-state index in [9.17, 15) is 8.78 Å². The fourth-order valence-corrected chi connectivity index (χ4v) is 2.40. The molecule has 0 heterocycles. The van der Waals surface area contributed by atoms with Gasteiger partial charge in [-0.1, -0.05) is 39.5 Å². The molecule has 14 heavy (non-hydrogen) atoms. The van der Waals surface area contributed by atoms with Gasteiger partial charge in [-0.25, -0.2) is 8.78 Å². The lowest BCUT2D eigenvalue weighted by molar-refractivity contribution is -0.115. The van der Waals surface area contributed by atoms with Crippen LogP contribution in [0.25, 0.3) is 0 Å². The van der Waals surface area contributed by atoms with Gasteiger partial charge in [-0.05, 0) is 18.3 Å². The average molecular weight is 204 g/mol. The van der Waals surface area contributed by atoms with Crippen molar-refractivity contribution >= 4 is 0 Å². The van der Waals surface area contributed by atoms with Crippen LogP contribution in [-0.4, -0.2) is 5.92 Å². The summed E-state index contributed by atoms with van der Waals surface area (Å²) in [7, 11) is 0. The third-order valence-electron chi connectivity index (χ3n) is 3.38. The predicted octanol–water partition coefficient (Wildman–Crippen LogP) is 4.64. The molecule has 0 aromatic heterocycles. The van der Waals surface area contributed by atoms with Crippen LogP contribution in [0.3, 0.4) is 0 Å². The maximum Gasteiger partial charge on any atom is 0.248 e. The summed E-state index contributed by atoms with van der Waals surface area (Å²) >= 11 is 0. The van der Waals surface area contributed by atoms with Crippen molar-refractivity contribution in [3.05, 3.63) is 0 Å². The largest absolute Gasteiger partial charge is 0.248 e. The zero-order valence-electron chi connectivity index (χ0n) is 9.36. The Morgan fingerprint density at radius 3 is 2.36 bits per heavy atom. The molecule has 0 spiro atoms. The highest BCUT2D eigenvalue weighted by molar-refractivity contribution is 4.87. The van der Waals surface area contributed by atoms with Gasteiger partial charge in [0.25, 0.3) is 0 Å². The molecule has 84 valence electrons. The summed E-state index contributed by atoms with van der Waals surface area (Å²) < 4.78 is 25.2. The summed E-state index contributed by atoms with van der Waals surface area (Å²) in [6.07, 6.45) is 6.19. The van der Waals surface area contributed by atoms with E-state index in [-0.39, 0.29) is 12.8 Å². The Hall–Kier alpha value is -0.140. The number of rotatable bonds is 6. The first kappa shape index (κ1) is 11.9. The maximum absolute atomic E-state index is 12.6. The molecule has 0 radical (unpaired) electrons. The normalized spacial score (nSPS) is 23.1. The Bertz CT molecular complexity index is 158. The van der Waals surface area contributed by atoms with E-state index in [0.717, 1.165) is 12.8 Å². The van der Waals surface area contributed by atoms with Crippen molar-refractivity contribution in [1.82, 2.24) is 0 Å². The zero-order valence-corrected chi connectivity index (χ0v) is 9.36. The lowest BCUT2D eigenvalue weighted by atomic mass is 9.74. The van der Waals surface area contributed by atoms with Crippen LogP contribution in [0.2, 0.25) is 0 Å². The molecule has 0 amide bonds. The van der Waals surface area contributed by atoms with Crippen molar-refractivity contribution in [3.63, 3.8) is 0 Å². The Kier molecular flexibility index (Phi) is 4.33. The molecular formula is C12H22F2. The topological polar surface area (TPSA) is 0 Å². The predicted molar refractivity (Wildman–Crippen MR) is 55.6 cm³/mol. The summed E-state index contributed by atoms with van der Waals surface area (Å²) in [6.45, 7) is 4.36. The number of hydrogen-bond acceptors (Lipinski definition) is 0. The van der Waals surface area contributed by atoms with Gasteiger partial charge in [0.1, 0.15) is 0 Å². The Morgan fingerprint density at radius 2 is 1.93 bits per heavy atom. The van der Waals surface area contributed by atoms with Crippen molar-refractivity contribution in [2.24, 2.45) is 11.8 Å². The van der Waals surface area contributed by atoms with Gasteiger partial charge in [0, 0.05) is 12.8 Å². The molecule has 0 aromatic rings. The Balaban J connectivity index is 2.15. The van der Waals surface area contributed by atoms with Crippen LogP contribution in [0.15, 0.2) is 0 Å². The second-order valence-corrected chi connectivity index (χ2v) is 4.78. The van der Waals surface area contributed by atoms with E-state index >= 15 is 0 Å². The number of halogens is 2. The molecule has 1 rings (SSSR count). The van der Waals surface area contributed by atoms with Gasteiger partial charge in [-0.3, -0.25) is 0 Å². The second-order valence-electron chi connectivity index (χ2n) is 4.78. The minimum atomic E-state index is -2.33. The van der Waals surface area contributed by atoms with E-state index in [1.165, 1.54) is 19.3 Å². The summed E-state index contributed by atoms with van der Waals surface area (Å²) in [4.78, 5) is 0. The van der Waals surface area contributed by atoms with Crippen LogP contribution in [0.4, 0.5) is 8.78 Å². The zero-order chi connectivity index (χ0) is 10.6. The Morgan fingerprint density at radius 1 is 1.29 bits per heavy atom.